The first-order valence-electron chi connectivity index (χ1n) is 4.02. The molecule has 1 aliphatic heterocycles. The molecule has 0 N–H and O–H groups in total. The Balaban J connectivity index is 1.86. The zero-order valence-corrected chi connectivity index (χ0v) is 7.21. The number of nitrogens with zero attached hydrogens (tertiary/aromatic N) is 2. The van der Waals surface area contributed by atoms with Gasteiger partial charge in [0.2, 0.25) is 0 Å². The van der Waals surface area contributed by atoms with Crippen molar-refractivity contribution in [2.45, 2.75) is 6.61 Å². The molecule has 0 saturated heterocycles. The predicted octanol–water partition coefficient (Wildman–Crippen LogP) is 1.23. The van der Waals surface area contributed by atoms with Crippen molar-refractivity contribution >= 4 is 12.1 Å². The molecule has 0 aromatic heterocycles. The lowest BCUT2D eigenvalue weighted by atomic mass is 10.2. The van der Waals surface area contributed by atoms with E-state index in [0.717, 1.165) is 5.56 Å². The Labute approximate surface area is 80.3 Å². The van der Waals surface area contributed by atoms with Crippen LogP contribution in [0.1, 0.15) is 5.56 Å². The molecule has 71 valence electrons. The molecule has 5 heteroatoms. The van der Waals surface area contributed by atoms with Crippen molar-refractivity contribution in [2.24, 2.45) is 5.16 Å². The predicted molar refractivity (Wildman–Crippen MR) is 47.3 cm³/mol. The van der Waals surface area contributed by atoms with Crippen LogP contribution < -0.4 is 5.32 Å². The molecule has 1 amide bonds. The average molecular weight is 191 g/mol. The lowest BCUT2D eigenvalue weighted by Gasteiger charge is -2.01. The fraction of sp³-hybridized carbons (Fsp3) is 0.111. The second kappa shape index (κ2) is 3.78. The number of oxime groups is 1. The Kier molecular flexibility index (Phi) is 2.31. The van der Waals surface area contributed by atoms with E-state index >= 15 is 0 Å². The minimum absolute atomic E-state index is 0.0288. The third-order valence-corrected chi connectivity index (χ3v) is 1.60. The van der Waals surface area contributed by atoms with Crippen molar-refractivity contribution in [2.75, 3.05) is 0 Å². The van der Waals surface area contributed by atoms with Crippen molar-refractivity contribution in [1.82, 2.24) is 5.32 Å². The number of amidine groups is 1. The van der Waals surface area contributed by atoms with Crippen molar-refractivity contribution in [3.63, 3.8) is 0 Å². The molecule has 1 aromatic carbocycles. The number of rotatable bonds is 2. The van der Waals surface area contributed by atoms with Crippen LogP contribution in [-0.4, -0.2) is 12.1 Å². The molecule has 0 saturated carbocycles. The van der Waals surface area contributed by atoms with E-state index in [0.29, 0.717) is 6.61 Å². The summed E-state index contributed by atoms with van der Waals surface area (Å²) in [7, 11) is 0. The molecular formula is C9H7N2O3. The maximum Gasteiger partial charge on any atom is 0.464 e. The van der Waals surface area contributed by atoms with Crippen LogP contribution in [0.4, 0.5) is 4.79 Å². The molecule has 1 aliphatic rings. The Bertz CT molecular complexity index is 362. The zero-order valence-electron chi connectivity index (χ0n) is 7.21. The number of amides is 1. The topological polar surface area (TPSA) is 62.0 Å². The van der Waals surface area contributed by atoms with Gasteiger partial charge in [0.05, 0.1) is 0 Å². The van der Waals surface area contributed by atoms with Gasteiger partial charge >= 0.3 is 12.1 Å². The monoisotopic (exact) mass is 191 g/mol. The molecule has 1 heterocycles. The average Bonchev–Trinajstić information content (AvgIpc) is 2.63. The summed E-state index contributed by atoms with van der Waals surface area (Å²) >= 11 is 0. The van der Waals surface area contributed by atoms with E-state index in [1.54, 1.807) is 0 Å². The minimum atomic E-state index is -0.743. The van der Waals surface area contributed by atoms with Crippen LogP contribution in [0.2, 0.25) is 0 Å². The van der Waals surface area contributed by atoms with E-state index in [9.17, 15) is 4.79 Å². The van der Waals surface area contributed by atoms with E-state index in [1.165, 1.54) is 0 Å². The molecule has 0 bridgehead atoms. The Morgan fingerprint density at radius 3 is 2.71 bits per heavy atom. The highest BCUT2D eigenvalue weighted by atomic mass is 16.7. The van der Waals surface area contributed by atoms with Crippen LogP contribution >= 0.6 is 0 Å². The SMILES string of the molecule is O=C1[N]C(OCc2ccccc2)=NO1. The van der Waals surface area contributed by atoms with E-state index in [4.69, 9.17) is 4.74 Å². The van der Waals surface area contributed by atoms with Gasteiger partial charge in [-0.15, -0.1) is 5.32 Å². The molecular weight excluding hydrogens is 184 g/mol. The fourth-order valence-corrected chi connectivity index (χ4v) is 0.978. The Morgan fingerprint density at radius 2 is 2.07 bits per heavy atom. The number of carbonyl (C=O) groups excluding carboxylic acids is 1. The van der Waals surface area contributed by atoms with Crippen LogP contribution in [-0.2, 0) is 16.2 Å². The lowest BCUT2D eigenvalue weighted by Crippen LogP contribution is -2.17. The molecule has 5 nitrogen and oxygen atoms in total. The van der Waals surface area contributed by atoms with Crippen LogP contribution in [0, 0.1) is 0 Å². The zero-order chi connectivity index (χ0) is 9.80. The third kappa shape index (κ3) is 2.01. The van der Waals surface area contributed by atoms with Gasteiger partial charge in [0.25, 0.3) is 0 Å². The number of hydrogen-bond acceptors (Lipinski definition) is 4. The van der Waals surface area contributed by atoms with Crippen LogP contribution in [0.5, 0.6) is 0 Å². The largest absolute Gasteiger partial charge is 0.464 e. The highest BCUT2D eigenvalue weighted by Gasteiger charge is 2.19. The quantitative estimate of drug-likeness (QED) is 0.660. The first-order valence-corrected chi connectivity index (χ1v) is 4.02. The Morgan fingerprint density at radius 1 is 1.29 bits per heavy atom. The summed E-state index contributed by atoms with van der Waals surface area (Å²) in [5.41, 5.74) is 0.977. The number of ether oxygens (including phenoxy) is 1. The summed E-state index contributed by atoms with van der Waals surface area (Å²) in [6.07, 6.45) is -0.743. The molecule has 0 aliphatic carbocycles. The van der Waals surface area contributed by atoms with E-state index in [2.05, 4.69) is 15.3 Å². The maximum atomic E-state index is 10.5. The molecule has 14 heavy (non-hydrogen) atoms. The van der Waals surface area contributed by atoms with Crippen molar-refractivity contribution < 1.29 is 14.4 Å². The van der Waals surface area contributed by atoms with Crippen LogP contribution in [0.25, 0.3) is 0 Å². The number of hydrogen-bond donors (Lipinski definition) is 0. The van der Waals surface area contributed by atoms with E-state index in [-0.39, 0.29) is 6.02 Å². The summed E-state index contributed by atoms with van der Waals surface area (Å²) in [5, 5.41) is 6.68. The van der Waals surface area contributed by atoms with E-state index < -0.39 is 6.09 Å². The standard InChI is InChI=1S/C9H7N2O3/c12-9-10-8(11-14-9)13-6-7-4-2-1-3-5-7/h1-5H,6H2. The summed E-state index contributed by atoms with van der Waals surface area (Å²) in [5.74, 6) is 0. The van der Waals surface area contributed by atoms with Gasteiger partial charge in [0, 0.05) is 0 Å². The Hall–Kier alpha value is -2.04. The van der Waals surface area contributed by atoms with Gasteiger partial charge in [-0.05, 0) is 10.7 Å². The first kappa shape index (κ1) is 8.55. The van der Waals surface area contributed by atoms with Gasteiger partial charge in [-0.25, -0.2) is 4.79 Å². The first-order chi connectivity index (χ1) is 6.84. The second-order valence-electron chi connectivity index (χ2n) is 2.62. The fourth-order valence-electron chi connectivity index (χ4n) is 0.978. The minimum Gasteiger partial charge on any atom is -0.456 e. The molecule has 0 unspecified atom stereocenters. The van der Waals surface area contributed by atoms with Gasteiger partial charge < -0.3 is 4.74 Å². The molecule has 1 aromatic rings. The van der Waals surface area contributed by atoms with Crippen molar-refractivity contribution in [1.29, 1.82) is 0 Å². The van der Waals surface area contributed by atoms with Gasteiger partial charge in [0.15, 0.2) is 0 Å². The van der Waals surface area contributed by atoms with Crippen LogP contribution in [0.15, 0.2) is 35.5 Å². The second-order valence-corrected chi connectivity index (χ2v) is 2.62. The summed E-state index contributed by atoms with van der Waals surface area (Å²) < 4.78 is 5.10. The molecule has 0 spiro atoms. The van der Waals surface area contributed by atoms with Crippen molar-refractivity contribution in [3.8, 4) is 0 Å². The van der Waals surface area contributed by atoms with E-state index in [1.807, 2.05) is 30.3 Å². The maximum absolute atomic E-state index is 10.5. The molecule has 2 rings (SSSR count). The normalized spacial score (nSPS) is 14.3. The van der Waals surface area contributed by atoms with Gasteiger partial charge in [-0.1, -0.05) is 30.3 Å². The lowest BCUT2D eigenvalue weighted by molar-refractivity contribution is 0.166. The summed E-state index contributed by atoms with van der Waals surface area (Å²) in [6, 6.07) is 9.48. The van der Waals surface area contributed by atoms with Crippen LogP contribution in [0.3, 0.4) is 0 Å². The molecule has 1 radical (unpaired) electrons. The summed E-state index contributed by atoms with van der Waals surface area (Å²) in [4.78, 5) is 14.7. The number of carbonyl (C=O) groups is 1. The van der Waals surface area contributed by atoms with Gasteiger partial charge in [-0.2, -0.15) is 0 Å². The van der Waals surface area contributed by atoms with Gasteiger partial charge in [0.1, 0.15) is 6.61 Å². The summed E-state index contributed by atoms with van der Waals surface area (Å²) in [6.45, 7) is 0.319. The highest BCUT2D eigenvalue weighted by Crippen LogP contribution is 2.03. The van der Waals surface area contributed by atoms with Gasteiger partial charge in [-0.3, -0.25) is 4.84 Å². The third-order valence-electron chi connectivity index (χ3n) is 1.60. The highest BCUT2D eigenvalue weighted by molar-refractivity contribution is 5.93. The number of benzene rings is 1. The molecule has 0 fully saturated rings. The smallest absolute Gasteiger partial charge is 0.456 e. The van der Waals surface area contributed by atoms with Crippen molar-refractivity contribution in [3.05, 3.63) is 35.9 Å². The molecule has 0 atom stereocenters.